The predicted molar refractivity (Wildman–Crippen MR) is 79.3 cm³/mol. The van der Waals surface area contributed by atoms with Crippen LogP contribution in [0.5, 0.6) is 5.75 Å². The third kappa shape index (κ3) is 2.73. The number of aliphatic hydroxyl groups excluding tert-OH is 1. The Labute approximate surface area is 122 Å². The van der Waals surface area contributed by atoms with Gasteiger partial charge in [0.2, 0.25) is 0 Å². The molecule has 0 saturated carbocycles. The lowest BCUT2D eigenvalue weighted by atomic mass is 9.94. The second-order valence-electron chi connectivity index (χ2n) is 4.95. The van der Waals surface area contributed by atoms with E-state index >= 15 is 0 Å². The lowest BCUT2D eigenvalue weighted by Crippen LogP contribution is -2.18. The van der Waals surface area contributed by atoms with E-state index in [1.54, 1.807) is 7.11 Å². The van der Waals surface area contributed by atoms with Crippen LogP contribution in [0.3, 0.4) is 0 Å². The van der Waals surface area contributed by atoms with Gasteiger partial charge in [-0.25, -0.2) is 0 Å². The van der Waals surface area contributed by atoms with Gasteiger partial charge in [-0.15, -0.1) is 11.3 Å². The summed E-state index contributed by atoms with van der Waals surface area (Å²) in [4.78, 5) is 0.925. The number of fused-ring (bicyclic) bond motifs is 1. The minimum absolute atomic E-state index is 0.0250. The van der Waals surface area contributed by atoms with Gasteiger partial charge in [0.15, 0.2) is 0 Å². The Kier molecular flexibility index (Phi) is 4.05. The molecular formula is C16H18O3S. The van der Waals surface area contributed by atoms with Crippen LogP contribution in [-0.4, -0.2) is 18.8 Å². The second kappa shape index (κ2) is 5.95. The standard InChI is InChI=1S/C16H18O3S/c1-18-12-8-16(20-10-12)14(17)9-15-13-5-3-2-4-11(13)6-7-19-15/h2-5,8,10,14-15,17H,6-7,9H2,1H3. The van der Waals surface area contributed by atoms with Crippen LogP contribution in [0.4, 0.5) is 0 Å². The van der Waals surface area contributed by atoms with Gasteiger partial charge in [-0.1, -0.05) is 24.3 Å². The molecule has 1 aromatic heterocycles. The molecule has 3 nitrogen and oxygen atoms in total. The molecule has 2 atom stereocenters. The van der Waals surface area contributed by atoms with Crippen molar-refractivity contribution in [3.8, 4) is 5.75 Å². The molecule has 1 N–H and O–H groups in total. The van der Waals surface area contributed by atoms with Gasteiger partial charge in [0.05, 0.1) is 25.9 Å². The van der Waals surface area contributed by atoms with E-state index in [4.69, 9.17) is 9.47 Å². The molecule has 1 aromatic carbocycles. The van der Waals surface area contributed by atoms with Crippen molar-refractivity contribution in [2.24, 2.45) is 0 Å². The van der Waals surface area contributed by atoms with Gasteiger partial charge >= 0.3 is 0 Å². The first-order valence-corrected chi connectivity index (χ1v) is 7.66. The van der Waals surface area contributed by atoms with Gasteiger partial charge in [-0.05, 0) is 23.6 Å². The fourth-order valence-corrected chi connectivity index (χ4v) is 3.46. The number of hydrogen-bond donors (Lipinski definition) is 1. The largest absolute Gasteiger partial charge is 0.496 e. The van der Waals surface area contributed by atoms with Gasteiger partial charge in [-0.2, -0.15) is 0 Å². The molecule has 0 fully saturated rings. The summed E-state index contributed by atoms with van der Waals surface area (Å²) in [5.41, 5.74) is 2.54. The zero-order chi connectivity index (χ0) is 13.9. The van der Waals surface area contributed by atoms with E-state index in [0.29, 0.717) is 6.42 Å². The van der Waals surface area contributed by atoms with Crippen molar-refractivity contribution in [2.45, 2.75) is 25.0 Å². The number of hydrogen-bond acceptors (Lipinski definition) is 4. The minimum Gasteiger partial charge on any atom is -0.496 e. The van der Waals surface area contributed by atoms with Gasteiger partial charge < -0.3 is 14.6 Å². The lowest BCUT2D eigenvalue weighted by Gasteiger charge is -2.27. The molecule has 106 valence electrons. The fraction of sp³-hybridized carbons (Fsp3) is 0.375. The van der Waals surface area contributed by atoms with Crippen LogP contribution in [-0.2, 0) is 11.2 Å². The highest BCUT2D eigenvalue weighted by Gasteiger charge is 2.24. The van der Waals surface area contributed by atoms with E-state index < -0.39 is 6.10 Å². The topological polar surface area (TPSA) is 38.7 Å². The van der Waals surface area contributed by atoms with Gasteiger partial charge in [0.25, 0.3) is 0 Å². The SMILES string of the molecule is COc1csc(C(O)CC2OCCc3ccccc32)c1. The number of methoxy groups -OCH3 is 1. The van der Waals surface area contributed by atoms with Crippen molar-refractivity contribution in [1.29, 1.82) is 0 Å². The molecule has 0 amide bonds. The van der Waals surface area contributed by atoms with Crippen molar-refractivity contribution in [3.05, 3.63) is 51.7 Å². The molecule has 0 spiro atoms. The first-order chi connectivity index (χ1) is 9.78. The maximum absolute atomic E-state index is 10.4. The highest BCUT2D eigenvalue weighted by atomic mass is 32.1. The number of aliphatic hydroxyl groups is 1. The van der Waals surface area contributed by atoms with Crippen LogP contribution < -0.4 is 4.74 Å². The summed E-state index contributed by atoms with van der Waals surface area (Å²) in [5.74, 6) is 0.800. The van der Waals surface area contributed by atoms with Crippen LogP contribution in [0.15, 0.2) is 35.7 Å². The van der Waals surface area contributed by atoms with E-state index in [2.05, 4.69) is 18.2 Å². The molecule has 0 bridgehead atoms. The molecular weight excluding hydrogens is 272 g/mol. The van der Waals surface area contributed by atoms with Crippen LogP contribution in [0.2, 0.25) is 0 Å². The number of thiophene rings is 1. The van der Waals surface area contributed by atoms with E-state index in [1.165, 1.54) is 22.5 Å². The van der Waals surface area contributed by atoms with Crippen molar-refractivity contribution < 1.29 is 14.6 Å². The maximum atomic E-state index is 10.4. The first kappa shape index (κ1) is 13.6. The average Bonchev–Trinajstić information content (AvgIpc) is 2.97. The highest BCUT2D eigenvalue weighted by molar-refractivity contribution is 7.10. The third-order valence-electron chi connectivity index (χ3n) is 3.69. The Bertz CT molecular complexity index is 579. The fourth-order valence-electron chi connectivity index (χ4n) is 2.61. The lowest BCUT2D eigenvalue weighted by molar-refractivity contribution is 0.00454. The van der Waals surface area contributed by atoms with Crippen molar-refractivity contribution in [2.75, 3.05) is 13.7 Å². The molecule has 0 radical (unpaired) electrons. The van der Waals surface area contributed by atoms with E-state index in [0.717, 1.165) is 23.7 Å². The summed E-state index contributed by atoms with van der Waals surface area (Å²) in [6, 6.07) is 10.2. The molecule has 4 heteroatoms. The minimum atomic E-state index is -0.514. The Morgan fingerprint density at radius 3 is 3.10 bits per heavy atom. The smallest absolute Gasteiger partial charge is 0.129 e. The Balaban J connectivity index is 1.75. The molecule has 2 unspecified atom stereocenters. The second-order valence-corrected chi connectivity index (χ2v) is 5.89. The predicted octanol–water partition coefficient (Wildman–Crippen LogP) is 3.49. The molecule has 1 aliphatic heterocycles. The van der Waals surface area contributed by atoms with E-state index in [-0.39, 0.29) is 6.10 Å². The zero-order valence-electron chi connectivity index (χ0n) is 11.4. The molecule has 0 aliphatic carbocycles. The average molecular weight is 290 g/mol. The molecule has 1 aliphatic rings. The summed E-state index contributed by atoms with van der Waals surface area (Å²) >= 11 is 1.52. The number of benzene rings is 1. The van der Waals surface area contributed by atoms with Crippen molar-refractivity contribution >= 4 is 11.3 Å². The Morgan fingerprint density at radius 1 is 1.45 bits per heavy atom. The van der Waals surface area contributed by atoms with Crippen LogP contribution in [0.25, 0.3) is 0 Å². The van der Waals surface area contributed by atoms with Crippen molar-refractivity contribution in [1.82, 2.24) is 0 Å². The van der Waals surface area contributed by atoms with Crippen molar-refractivity contribution in [3.63, 3.8) is 0 Å². The van der Waals surface area contributed by atoms with E-state index in [9.17, 15) is 5.11 Å². The quantitative estimate of drug-likeness (QED) is 0.936. The third-order valence-corrected chi connectivity index (χ3v) is 4.70. The molecule has 2 heterocycles. The highest BCUT2D eigenvalue weighted by Crippen LogP contribution is 2.36. The Hall–Kier alpha value is -1.36. The molecule has 3 rings (SSSR count). The van der Waals surface area contributed by atoms with Crippen LogP contribution in [0.1, 0.15) is 34.6 Å². The molecule has 0 saturated heterocycles. The Morgan fingerprint density at radius 2 is 2.30 bits per heavy atom. The van der Waals surface area contributed by atoms with E-state index in [1.807, 2.05) is 17.5 Å². The zero-order valence-corrected chi connectivity index (χ0v) is 12.2. The molecule has 2 aromatic rings. The summed E-state index contributed by atoms with van der Waals surface area (Å²) in [6.45, 7) is 0.724. The van der Waals surface area contributed by atoms with Gasteiger partial charge in [0, 0.05) is 16.7 Å². The normalized spacial score (nSPS) is 19.4. The van der Waals surface area contributed by atoms with Gasteiger partial charge in [-0.3, -0.25) is 0 Å². The summed E-state index contributed by atoms with van der Waals surface area (Å²) in [6.07, 6.45) is 0.999. The number of rotatable bonds is 4. The molecule has 20 heavy (non-hydrogen) atoms. The maximum Gasteiger partial charge on any atom is 0.129 e. The monoisotopic (exact) mass is 290 g/mol. The summed E-state index contributed by atoms with van der Waals surface area (Å²) in [5, 5.41) is 12.3. The first-order valence-electron chi connectivity index (χ1n) is 6.78. The number of ether oxygens (including phenoxy) is 2. The summed E-state index contributed by atoms with van der Waals surface area (Å²) < 4.78 is 11.0. The van der Waals surface area contributed by atoms with Crippen LogP contribution in [0, 0.1) is 0 Å². The summed E-state index contributed by atoms with van der Waals surface area (Å²) in [7, 11) is 1.64. The van der Waals surface area contributed by atoms with Gasteiger partial charge in [0.1, 0.15) is 5.75 Å². The van der Waals surface area contributed by atoms with Crippen LogP contribution >= 0.6 is 11.3 Å².